The number of aliphatic carboxylic acids is 1. The Bertz CT molecular complexity index is 820. The van der Waals surface area contributed by atoms with E-state index in [-0.39, 0.29) is 17.8 Å². The highest BCUT2D eigenvalue weighted by atomic mass is 35.5. The molecule has 0 amide bonds. The van der Waals surface area contributed by atoms with E-state index in [1.807, 2.05) is 0 Å². The molecule has 5 nitrogen and oxygen atoms in total. The number of carboxylic acid groups (broad SMARTS) is 1. The van der Waals surface area contributed by atoms with Gasteiger partial charge in [-0.3, -0.25) is 10.1 Å². The zero-order valence-corrected chi connectivity index (χ0v) is 15.4. The maximum Gasteiger partial charge on any atom is 0.321 e. The Morgan fingerprint density at radius 3 is 2.85 bits per heavy atom. The van der Waals surface area contributed by atoms with Gasteiger partial charge in [0.25, 0.3) is 0 Å². The first-order valence-electron chi connectivity index (χ1n) is 7.83. The van der Waals surface area contributed by atoms with Gasteiger partial charge in [0.15, 0.2) is 11.5 Å². The third kappa shape index (κ3) is 4.06. The lowest BCUT2D eigenvalue weighted by molar-refractivity contribution is -0.138. The van der Waals surface area contributed by atoms with E-state index in [2.05, 4.69) is 5.32 Å². The zero-order chi connectivity index (χ0) is 18.7. The molecule has 26 heavy (non-hydrogen) atoms. The van der Waals surface area contributed by atoms with E-state index in [9.17, 15) is 9.18 Å². The number of hydrogen-bond acceptors (Lipinski definition) is 5. The fraction of sp³-hybridized carbons (Fsp3) is 0.278. The van der Waals surface area contributed by atoms with Gasteiger partial charge in [0.05, 0.1) is 17.5 Å². The van der Waals surface area contributed by atoms with Gasteiger partial charge >= 0.3 is 5.97 Å². The topological polar surface area (TPSA) is 67.8 Å². The first-order chi connectivity index (χ1) is 12.5. The van der Waals surface area contributed by atoms with Crippen LogP contribution in [0.1, 0.15) is 16.5 Å². The van der Waals surface area contributed by atoms with Crippen LogP contribution in [-0.4, -0.2) is 30.0 Å². The summed E-state index contributed by atoms with van der Waals surface area (Å²) in [6.07, 6.45) is 0. The third-order valence-corrected chi connectivity index (χ3v) is 5.51. The standard InChI is InChI=1S/C18H17ClFNO4S/c1-24-15-7-11(17-21-14(9-26-17)18(22)23)6-12(19)16(15)25-8-10-4-2-3-5-13(10)20/h2-7,14,17,21H,8-9H2,1H3,(H,22,23). The summed E-state index contributed by atoms with van der Waals surface area (Å²) >= 11 is 7.83. The predicted molar refractivity (Wildman–Crippen MR) is 98.5 cm³/mol. The number of rotatable bonds is 6. The average molecular weight is 398 g/mol. The van der Waals surface area contributed by atoms with E-state index < -0.39 is 12.0 Å². The molecule has 2 atom stereocenters. The monoisotopic (exact) mass is 397 g/mol. The number of thioether (sulfide) groups is 1. The molecular formula is C18H17ClFNO4S. The summed E-state index contributed by atoms with van der Waals surface area (Å²) in [7, 11) is 1.49. The molecule has 1 aliphatic rings. The summed E-state index contributed by atoms with van der Waals surface area (Å²) in [5.74, 6) is -0.0526. The van der Waals surface area contributed by atoms with E-state index in [1.54, 1.807) is 30.3 Å². The van der Waals surface area contributed by atoms with Gasteiger partial charge in [0, 0.05) is 11.3 Å². The lowest BCUT2D eigenvalue weighted by Crippen LogP contribution is -2.33. The Labute approximate surface area is 159 Å². The first kappa shape index (κ1) is 18.8. The molecule has 1 fully saturated rings. The maximum atomic E-state index is 13.7. The van der Waals surface area contributed by atoms with Crippen LogP contribution < -0.4 is 14.8 Å². The molecule has 0 aliphatic carbocycles. The minimum Gasteiger partial charge on any atom is -0.493 e. The number of benzene rings is 2. The smallest absolute Gasteiger partial charge is 0.321 e. The summed E-state index contributed by atoms with van der Waals surface area (Å²) in [5.41, 5.74) is 1.20. The molecule has 2 unspecified atom stereocenters. The van der Waals surface area contributed by atoms with Gasteiger partial charge in [-0.25, -0.2) is 4.39 Å². The number of nitrogens with one attached hydrogen (secondary N) is 1. The molecule has 1 saturated heterocycles. The van der Waals surface area contributed by atoms with E-state index in [0.29, 0.717) is 27.8 Å². The molecule has 0 saturated carbocycles. The second-order valence-electron chi connectivity index (χ2n) is 5.69. The van der Waals surface area contributed by atoms with Crippen molar-refractivity contribution >= 4 is 29.3 Å². The Balaban J connectivity index is 1.79. The van der Waals surface area contributed by atoms with Gasteiger partial charge in [0.2, 0.25) is 0 Å². The third-order valence-electron chi connectivity index (χ3n) is 3.96. The zero-order valence-electron chi connectivity index (χ0n) is 13.9. The normalized spacial score (nSPS) is 19.3. The van der Waals surface area contributed by atoms with Crippen molar-refractivity contribution in [3.63, 3.8) is 0 Å². The summed E-state index contributed by atoms with van der Waals surface area (Å²) in [5, 5.41) is 12.2. The molecule has 138 valence electrons. The molecule has 0 bridgehead atoms. The maximum absolute atomic E-state index is 13.7. The van der Waals surface area contributed by atoms with Crippen molar-refractivity contribution in [3.8, 4) is 11.5 Å². The average Bonchev–Trinajstić information content (AvgIpc) is 3.12. The minimum absolute atomic E-state index is 0.0135. The van der Waals surface area contributed by atoms with Crippen LogP contribution in [0.4, 0.5) is 4.39 Å². The van der Waals surface area contributed by atoms with Crippen molar-refractivity contribution < 1.29 is 23.8 Å². The van der Waals surface area contributed by atoms with E-state index in [1.165, 1.54) is 24.9 Å². The summed E-state index contributed by atoms with van der Waals surface area (Å²) in [6.45, 7) is 0.0135. The number of halogens is 2. The van der Waals surface area contributed by atoms with Crippen molar-refractivity contribution in [2.75, 3.05) is 12.9 Å². The Hall–Kier alpha value is -1.96. The van der Waals surface area contributed by atoms with Gasteiger partial charge in [-0.1, -0.05) is 29.8 Å². The van der Waals surface area contributed by atoms with Crippen molar-refractivity contribution in [2.24, 2.45) is 0 Å². The highest BCUT2D eigenvalue weighted by Gasteiger charge is 2.31. The Morgan fingerprint density at radius 2 is 2.19 bits per heavy atom. The largest absolute Gasteiger partial charge is 0.493 e. The molecule has 2 aromatic rings. The van der Waals surface area contributed by atoms with Gasteiger partial charge in [0.1, 0.15) is 18.5 Å². The van der Waals surface area contributed by atoms with Crippen LogP contribution >= 0.6 is 23.4 Å². The van der Waals surface area contributed by atoms with Gasteiger partial charge in [-0.05, 0) is 23.8 Å². The molecular weight excluding hydrogens is 381 g/mol. The molecule has 0 aromatic heterocycles. The molecule has 2 aromatic carbocycles. The lowest BCUT2D eigenvalue weighted by Gasteiger charge is -2.17. The predicted octanol–water partition coefficient (Wildman–Crippen LogP) is 3.85. The van der Waals surface area contributed by atoms with Crippen LogP contribution in [0.5, 0.6) is 11.5 Å². The fourth-order valence-electron chi connectivity index (χ4n) is 2.60. The first-order valence-corrected chi connectivity index (χ1v) is 9.26. The van der Waals surface area contributed by atoms with Crippen molar-refractivity contribution in [1.29, 1.82) is 0 Å². The second kappa shape index (κ2) is 8.16. The van der Waals surface area contributed by atoms with Crippen LogP contribution in [0.3, 0.4) is 0 Å². The van der Waals surface area contributed by atoms with Crippen LogP contribution in [0.15, 0.2) is 36.4 Å². The minimum atomic E-state index is -0.886. The molecule has 0 radical (unpaired) electrons. The number of carboxylic acids is 1. The molecule has 0 spiro atoms. The summed E-state index contributed by atoms with van der Waals surface area (Å²) in [6, 6.07) is 9.18. The molecule has 3 rings (SSSR count). The van der Waals surface area contributed by atoms with Crippen LogP contribution in [0.25, 0.3) is 0 Å². The van der Waals surface area contributed by atoms with Crippen LogP contribution in [-0.2, 0) is 11.4 Å². The van der Waals surface area contributed by atoms with Crippen molar-refractivity contribution in [2.45, 2.75) is 18.0 Å². The number of carbonyl (C=O) groups is 1. The quantitative estimate of drug-likeness (QED) is 0.771. The molecule has 8 heteroatoms. The SMILES string of the molecule is COc1cc(C2NC(C(=O)O)CS2)cc(Cl)c1OCc1ccccc1F. The van der Waals surface area contributed by atoms with Gasteiger partial charge in [-0.2, -0.15) is 0 Å². The highest BCUT2D eigenvalue weighted by molar-refractivity contribution is 7.99. The number of methoxy groups -OCH3 is 1. The molecule has 1 heterocycles. The number of hydrogen-bond donors (Lipinski definition) is 2. The number of ether oxygens (including phenoxy) is 2. The highest BCUT2D eigenvalue weighted by Crippen LogP contribution is 2.42. The lowest BCUT2D eigenvalue weighted by atomic mass is 10.1. The van der Waals surface area contributed by atoms with Crippen molar-refractivity contribution in [3.05, 3.63) is 58.4 Å². The Morgan fingerprint density at radius 1 is 1.42 bits per heavy atom. The van der Waals surface area contributed by atoms with Crippen LogP contribution in [0.2, 0.25) is 5.02 Å². The van der Waals surface area contributed by atoms with E-state index >= 15 is 0 Å². The van der Waals surface area contributed by atoms with Crippen LogP contribution in [0, 0.1) is 5.82 Å². The van der Waals surface area contributed by atoms with Gasteiger partial charge in [-0.15, -0.1) is 11.8 Å². The van der Waals surface area contributed by atoms with Crippen molar-refractivity contribution in [1.82, 2.24) is 5.32 Å². The molecule has 2 N–H and O–H groups in total. The van der Waals surface area contributed by atoms with Gasteiger partial charge < -0.3 is 14.6 Å². The van der Waals surface area contributed by atoms with E-state index in [4.69, 9.17) is 26.2 Å². The fourth-order valence-corrected chi connectivity index (χ4v) is 4.09. The second-order valence-corrected chi connectivity index (χ2v) is 7.23. The summed E-state index contributed by atoms with van der Waals surface area (Å²) in [4.78, 5) is 11.1. The summed E-state index contributed by atoms with van der Waals surface area (Å²) < 4.78 is 24.8. The molecule has 1 aliphatic heterocycles. The van der Waals surface area contributed by atoms with E-state index in [0.717, 1.165) is 5.56 Å². The Kier molecular flexibility index (Phi) is 5.90.